The molecule has 0 spiro atoms. The topological polar surface area (TPSA) is 55.4 Å². The SMILES string of the molecule is C=C[C@H]1CCNC1=O.CC(C)(C)OC=O. The van der Waals surface area contributed by atoms with Crippen LogP contribution in [0.1, 0.15) is 27.2 Å². The summed E-state index contributed by atoms with van der Waals surface area (Å²) in [5, 5.41) is 2.71. The van der Waals surface area contributed by atoms with Crippen LogP contribution in [-0.4, -0.2) is 24.5 Å². The van der Waals surface area contributed by atoms with Crippen molar-refractivity contribution in [3.63, 3.8) is 0 Å². The van der Waals surface area contributed by atoms with Crippen LogP contribution in [0.5, 0.6) is 0 Å². The van der Waals surface area contributed by atoms with E-state index in [0.29, 0.717) is 6.47 Å². The van der Waals surface area contributed by atoms with Gasteiger partial charge in [0, 0.05) is 6.54 Å². The summed E-state index contributed by atoms with van der Waals surface area (Å²) in [7, 11) is 0. The van der Waals surface area contributed by atoms with Crippen LogP contribution in [0.15, 0.2) is 12.7 Å². The van der Waals surface area contributed by atoms with Crippen LogP contribution in [0.3, 0.4) is 0 Å². The van der Waals surface area contributed by atoms with E-state index in [9.17, 15) is 9.59 Å². The average molecular weight is 213 g/mol. The van der Waals surface area contributed by atoms with E-state index in [-0.39, 0.29) is 17.4 Å². The van der Waals surface area contributed by atoms with Crippen LogP contribution in [0, 0.1) is 5.92 Å². The highest BCUT2D eigenvalue weighted by atomic mass is 16.5. The van der Waals surface area contributed by atoms with Gasteiger partial charge in [0.2, 0.25) is 5.91 Å². The molecule has 1 heterocycles. The summed E-state index contributed by atoms with van der Waals surface area (Å²) in [6, 6.07) is 0. The molecule has 1 amide bonds. The molecule has 1 atom stereocenters. The van der Waals surface area contributed by atoms with Gasteiger partial charge in [0.15, 0.2) is 0 Å². The maximum absolute atomic E-state index is 10.6. The molecular weight excluding hydrogens is 194 g/mol. The van der Waals surface area contributed by atoms with Crippen LogP contribution in [0.4, 0.5) is 0 Å². The molecule has 0 saturated carbocycles. The van der Waals surface area contributed by atoms with Crippen molar-refractivity contribution in [1.82, 2.24) is 5.32 Å². The molecule has 86 valence electrons. The van der Waals surface area contributed by atoms with Crippen molar-refractivity contribution in [2.24, 2.45) is 5.92 Å². The molecule has 0 unspecified atom stereocenters. The molecule has 1 rings (SSSR count). The first kappa shape index (κ1) is 13.7. The molecule has 4 nitrogen and oxygen atoms in total. The molecule has 0 radical (unpaired) electrons. The molecule has 15 heavy (non-hydrogen) atoms. The summed E-state index contributed by atoms with van der Waals surface area (Å²) in [4.78, 5) is 20.2. The maximum atomic E-state index is 10.6. The lowest BCUT2D eigenvalue weighted by molar-refractivity contribution is -0.138. The Morgan fingerprint density at radius 1 is 1.53 bits per heavy atom. The van der Waals surface area contributed by atoms with Crippen molar-refractivity contribution in [3.05, 3.63) is 12.7 Å². The number of hydrogen-bond acceptors (Lipinski definition) is 3. The Balaban J connectivity index is 0.000000265. The van der Waals surface area contributed by atoms with E-state index >= 15 is 0 Å². The first-order valence-corrected chi connectivity index (χ1v) is 4.92. The van der Waals surface area contributed by atoms with Crippen molar-refractivity contribution in [2.45, 2.75) is 32.8 Å². The van der Waals surface area contributed by atoms with Crippen molar-refractivity contribution < 1.29 is 14.3 Å². The third kappa shape index (κ3) is 6.71. The van der Waals surface area contributed by atoms with Crippen LogP contribution >= 0.6 is 0 Å². The Labute approximate surface area is 90.7 Å². The van der Waals surface area contributed by atoms with Gasteiger partial charge >= 0.3 is 0 Å². The van der Waals surface area contributed by atoms with Gasteiger partial charge in [0.25, 0.3) is 6.47 Å². The van der Waals surface area contributed by atoms with Gasteiger partial charge in [-0.25, -0.2) is 0 Å². The van der Waals surface area contributed by atoms with E-state index < -0.39 is 0 Å². The first-order valence-electron chi connectivity index (χ1n) is 4.92. The minimum Gasteiger partial charge on any atom is -0.462 e. The quantitative estimate of drug-likeness (QED) is 0.555. The number of ether oxygens (including phenoxy) is 1. The Hall–Kier alpha value is -1.32. The van der Waals surface area contributed by atoms with E-state index in [2.05, 4.69) is 16.6 Å². The number of carbonyl (C=O) groups is 2. The van der Waals surface area contributed by atoms with Crippen molar-refractivity contribution >= 4 is 12.4 Å². The van der Waals surface area contributed by atoms with Gasteiger partial charge in [-0.3, -0.25) is 9.59 Å². The number of rotatable bonds is 2. The third-order valence-electron chi connectivity index (χ3n) is 1.78. The van der Waals surface area contributed by atoms with Gasteiger partial charge in [-0.2, -0.15) is 0 Å². The minimum absolute atomic E-state index is 0.0787. The van der Waals surface area contributed by atoms with E-state index in [1.54, 1.807) is 6.08 Å². The zero-order valence-corrected chi connectivity index (χ0v) is 9.58. The molecule has 1 N–H and O–H groups in total. The minimum atomic E-state index is -0.318. The van der Waals surface area contributed by atoms with Gasteiger partial charge in [-0.05, 0) is 27.2 Å². The monoisotopic (exact) mass is 213 g/mol. The molecule has 1 fully saturated rings. The van der Waals surface area contributed by atoms with Gasteiger partial charge < -0.3 is 10.1 Å². The maximum Gasteiger partial charge on any atom is 0.293 e. The zero-order chi connectivity index (χ0) is 11.9. The highest BCUT2D eigenvalue weighted by molar-refractivity contribution is 5.82. The summed E-state index contributed by atoms with van der Waals surface area (Å²) >= 11 is 0. The second kappa shape index (κ2) is 6.22. The van der Waals surface area contributed by atoms with E-state index in [0.717, 1.165) is 13.0 Å². The summed E-state index contributed by atoms with van der Waals surface area (Å²) in [5.41, 5.74) is -0.318. The summed E-state index contributed by atoms with van der Waals surface area (Å²) in [6.45, 7) is 10.3. The van der Waals surface area contributed by atoms with Gasteiger partial charge in [-0.15, -0.1) is 6.58 Å². The predicted molar refractivity (Wildman–Crippen MR) is 58.2 cm³/mol. The van der Waals surface area contributed by atoms with E-state index in [4.69, 9.17) is 0 Å². The van der Waals surface area contributed by atoms with Crippen LogP contribution in [-0.2, 0) is 14.3 Å². The number of carbonyl (C=O) groups excluding carboxylic acids is 2. The van der Waals surface area contributed by atoms with Crippen LogP contribution in [0.2, 0.25) is 0 Å². The fourth-order valence-electron chi connectivity index (χ4n) is 0.982. The Morgan fingerprint density at radius 3 is 2.27 bits per heavy atom. The van der Waals surface area contributed by atoms with Gasteiger partial charge in [0.1, 0.15) is 5.60 Å². The normalized spacial score (nSPS) is 19.7. The Bertz CT molecular complexity index is 230. The summed E-state index contributed by atoms with van der Waals surface area (Å²) in [5.74, 6) is 0.204. The van der Waals surface area contributed by atoms with E-state index in [1.165, 1.54) is 0 Å². The highest BCUT2D eigenvalue weighted by Gasteiger charge is 2.19. The molecule has 4 heteroatoms. The predicted octanol–water partition coefficient (Wildman–Crippen LogP) is 1.27. The largest absolute Gasteiger partial charge is 0.462 e. The molecule has 1 aliphatic heterocycles. The van der Waals surface area contributed by atoms with Crippen LogP contribution in [0.25, 0.3) is 0 Å². The van der Waals surface area contributed by atoms with Gasteiger partial charge in [-0.1, -0.05) is 6.08 Å². The lowest BCUT2D eigenvalue weighted by atomic mass is 10.1. The summed E-state index contributed by atoms with van der Waals surface area (Å²) in [6.07, 6.45) is 2.62. The molecule has 0 aliphatic carbocycles. The average Bonchev–Trinajstić information content (AvgIpc) is 2.49. The molecule has 0 aromatic heterocycles. The Kier molecular flexibility index (Phi) is 5.67. The molecule has 0 aromatic rings. The molecule has 1 saturated heterocycles. The van der Waals surface area contributed by atoms with Crippen LogP contribution < -0.4 is 5.32 Å². The fourth-order valence-corrected chi connectivity index (χ4v) is 0.982. The summed E-state index contributed by atoms with van der Waals surface area (Å²) < 4.78 is 4.55. The molecular formula is C11H19NO3. The Morgan fingerprint density at radius 2 is 2.13 bits per heavy atom. The van der Waals surface area contributed by atoms with Gasteiger partial charge in [0.05, 0.1) is 5.92 Å². The second-order valence-electron chi connectivity index (χ2n) is 4.25. The smallest absolute Gasteiger partial charge is 0.293 e. The van der Waals surface area contributed by atoms with Crippen molar-refractivity contribution in [2.75, 3.05) is 6.54 Å². The zero-order valence-electron chi connectivity index (χ0n) is 9.58. The molecule has 1 aliphatic rings. The number of nitrogens with one attached hydrogen (secondary N) is 1. The number of hydrogen-bond donors (Lipinski definition) is 1. The number of amides is 1. The fraction of sp³-hybridized carbons (Fsp3) is 0.636. The first-order chi connectivity index (χ1) is 6.90. The van der Waals surface area contributed by atoms with Crippen molar-refractivity contribution in [3.8, 4) is 0 Å². The highest BCUT2D eigenvalue weighted by Crippen LogP contribution is 2.08. The lowest BCUT2D eigenvalue weighted by Crippen LogP contribution is -2.17. The molecule has 0 aromatic carbocycles. The third-order valence-corrected chi connectivity index (χ3v) is 1.78. The van der Waals surface area contributed by atoms with Crippen molar-refractivity contribution in [1.29, 1.82) is 0 Å². The second-order valence-corrected chi connectivity index (χ2v) is 4.25. The van der Waals surface area contributed by atoms with E-state index in [1.807, 2.05) is 20.8 Å². The lowest BCUT2D eigenvalue weighted by Gasteiger charge is -2.14. The standard InChI is InChI=1S/C6H9NO.C5H10O2/c1-2-5-3-4-7-6(5)8;1-5(2,3)7-4-6/h2,5H,1,3-4H2,(H,7,8);4H,1-3H3/t5-;/m0./s1. The molecule has 0 bridgehead atoms.